The quantitative estimate of drug-likeness (QED) is 0.930. The molecule has 2 aromatic carbocycles. The standard InChI is InChI=1S/C16H16ClNO3S/c1-10-4-6-13(8-11(10)2)18-16(19)12-5-7-14(17)15(9-12)22(3,20)21/h4-9H,1-3H3,(H,18,19). The van der Waals surface area contributed by atoms with E-state index in [1.54, 1.807) is 6.07 Å². The molecule has 2 aromatic rings. The van der Waals surface area contributed by atoms with Crippen molar-refractivity contribution in [3.05, 3.63) is 58.1 Å². The largest absolute Gasteiger partial charge is 0.322 e. The lowest BCUT2D eigenvalue weighted by atomic mass is 10.1. The minimum Gasteiger partial charge on any atom is -0.322 e. The molecule has 0 aliphatic carbocycles. The van der Waals surface area contributed by atoms with Crippen LogP contribution in [0, 0.1) is 13.8 Å². The molecule has 0 heterocycles. The summed E-state index contributed by atoms with van der Waals surface area (Å²) in [6.45, 7) is 3.94. The molecule has 0 bridgehead atoms. The highest BCUT2D eigenvalue weighted by Gasteiger charge is 2.16. The van der Waals surface area contributed by atoms with Gasteiger partial charge in [0.2, 0.25) is 0 Å². The van der Waals surface area contributed by atoms with Gasteiger partial charge in [0.25, 0.3) is 5.91 Å². The van der Waals surface area contributed by atoms with Crippen molar-refractivity contribution in [2.24, 2.45) is 0 Å². The molecule has 6 heteroatoms. The number of nitrogens with one attached hydrogen (secondary N) is 1. The fourth-order valence-electron chi connectivity index (χ4n) is 1.95. The van der Waals surface area contributed by atoms with Gasteiger partial charge in [0.05, 0.1) is 9.92 Å². The van der Waals surface area contributed by atoms with E-state index in [9.17, 15) is 13.2 Å². The van der Waals surface area contributed by atoms with Crippen LogP contribution in [-0.2, 0) is 9.84 Å². The van der Waals surface area contributed by atoms with E-state index in [0.717, 1.165) is 17.4 Å². The average molecular weight is 338 g/mol. The van der Waals surface area contributed by atoms with Gasteiger partial charge < -0.3 is 5.32 Å². The minimum absolute atomic E-state index is 0.0538. The number of hydrogen-bond acceptors (Lipinski definition) is 3. The Bertz CT molecular complexity index is 844. The maximum atomic E-state index is 12.3. The highest BCUT2D eigenvalue weighted by Crippen LogP contribution is 2.23. The molecule has 1 amide bonds. The summed E-state index contributed by atoms with van der Waals surface area (Å²) in [4.78, 5) is 12.2. The van der Waals surface area contributed by atoms with E-state index < -0.39 is 9.84 Å². The first-order valence-electron chi connectivity index (χ1n) is 6.56. The monoisotopic (exact) mass is 337 g/mol. The lowest BCUT2D eigenvalue weighted by Crippen LogP contribution is -2.13. The predicted octanol–water partition coefficient (Wildman–Crippen LogP) is 3.61. The summed E-state index contributed by atoms with van der Waals surface area (Å²) in [5, 5.41) is 2.85. The molecule has 0 aromatic heterocycles. The Morgan fingerprint density at radius 1 is 1.05 bits per heavy atom. The lowest BCUT2D eigenvalue weighted by molar-refractivity contribution is 0.102. The van der Waals surface area contributed by atoms with E-state index in [1.165, 1.54) is 18.2 Å². The molecule has 0 spiro atoms. The van der Waals surface area contributed by atoms with Crippen molar-refractivity contribution in [3.63, 3.8) is 0 Å². The van der Waals surface area contributed by atoms with Crippen LogP contribution in [0.1, 0.15) is 21.5 Å². The van der Waals surface area contributed by atoms with Crippen LogP contribution < -0.4 is 5.32 Å². The first kappa shape index (κ1) is 16.5. The third-order valence-corrected chi connectivity index (χ3v) is 4.94. The second-order valence-corrected chi connectivity index (χ2v) is 7.56. The van der Waals surface area contributed by atoms with Crippen LogP contribution >= 0.6 is 11.6 Å². The molecule has 116 valence electrons. The van der Waals surface area contributed by atoms with E-state index in [0.29, 0.717) is 5.69 Å². The van der Waals surface area contributed by atoms with Crippen LogP contribution in [0.25, 0.3) is 0 Å². The Labute approximate surface area is 135 Å². The number of sulfone groups is 1. The predicted molar refractivity (Wildman–Crippen MR) is 88.4 cm³/mol. The molecule has 0 saturated carbocycles. The number of amides is 1. The van der Waals surface area contributed by atoms with Gasteiger partial charge in [-0.3, -0.25) is 4.79 Å². The molecular formula is C16H16ClNO3S. The maximum Gasteiger partial charge on any atom is 0.255 e. The minimum atomic E-state index is -3.49. The number of carbonyl (C=O) groups excluding carboxylic acids is 1. The van der Waals surface area contributed by atoms with Crippen molar-refractivity contribution >= 4 is 33.0 Å². The molecule has 0 atom stereocenters. The number of carbonyl (C=O) groups is 1. The van der Waals surface area contributed by atoms with Gasteiger partial charge in [0.15, 0.2) is 9.84 Å². The lowest BCUT2D eigenvalue weighted by Gasteiger charge is -2.09. The summed E-state index contributed by atoms with van der Waals surface area (Å²) >= 11 is 5.87. The van der Waals surface area contributed by atoms with Crippen molar-refractivity contribution in [1.82, 2.24) is 0 Å². The number of hydrogen-bond donors (Lipinski definition) is 1. The normalized spacial score (nSPS) is 11.3. The first-order valence-corrected chi connectivity index (χ1v) is 8.83. The third kappa shape index (κ3) is 3.67. The van der Waals surface area contributed by atoms with Crippen LogP contribution in [0.2, 0.25) is 5.02 Å². The van der Waals surface area contributed by atoms with Crippen LogP contribution in [0.5, 0.6) is 0 Å². The van der Waals surface area contributed by atoms with Crippen LogP contribution in [0.4, 0.5) is 5.69 Å². The first-order chi connectivity index (χ1) is 10.2. The zero-order valence-corrected chi connectivity index (χ0v) is 14.0. The Morgan fingerprint density at radius 3 is 2.32 bits per heavy atom. The van der Waals surface area contributed by atoms with Gasteiger partial charge in [0, 0.05) is 17.5 Å². The molecule has 0 aliphatic rings. The van der Waals surface area contributed by atoms with E-state index >= 15 is 0 Å². The Hall–Kier alpha value is -1.85. The Morgan fingerprint density at radius 2 is 1.73 bits per heavy atom. The van der Waals surface area contributed by atoms with Gasteiger partial charge in [-0.05, 0) is 55.3 Å². The van der Waals surface area contributed by atoms with Crippen molar-refractivity contribution in [2.75, 3.05) is 11.6 Å². The smallest absolute Gasteiger partial charge is 0.255 e. The Balaban J connectivity index is 2.32. The summed E-state index contributed by atoms with van der Waals surface area (Å²) in [5.74, 6) is -0.384. The molecule has 1 N–H and O–H groups in total. The highest BCUT2D eigenvalue weighted by molar-refractivity contribution is 7.90. The summed E-state index contributed by atoms with van der Waals surface area (Å²) in [5.41, 5.74) is 3.08. The summed E-state index contributed by atoms with van der Waals surface area (Å²) < 4.78 is 23.3. The van der Waals surface area contributed by atoms with Gasteiger partial charge in [0.1, 0.15) is 0 Å². The van der Waals surface area contributed by atoms with Crippen LogP contribution in [0.15, 0.2) is 41.3 Å². The molecule has 2 rings (SSSR count). The summed E-state index contributed by atoms with van der Waals surface area (Å²) in [6, 6.07) is 9.76. The topological polar surface area (TPSA) is 63.2 Å². The fourth-order valence-corrected chi connectivity index (χ4v) is 3.25. The Kier molecular flexibility index (Phi) is 4.58. The number of benzene rings is 2. The molecule has 0 fully saturated rings. The van der Waals surface area contributed by atoms with E-state index in [2.05, 4.69) is 5.32 Å². The summed E-state index contributed by atoms with van der Waals surface area (Å²) in [6.07, 6.45) is 1.05. The molecule has 4 nitrogen and oxygen atoms in total. The van der Waals surface area contributed by atoms with Crippen LogP contribution in [-0.4, -0.2) is 20.6 Å². The van der Waals surface area contributed by atoms with Crippen molar-refractivity contribution in [1.29, 1.82) is 0 Å². The summed E-state index contributed by atoms with van der Waals surface area (Å²) in [7, 11) is -3.49. The maximum absolute atomic E-state index is 12.3. The fraction of sp³-hybridized carbons (Fsp3) is 0.188. The number of aryl methyl sites for hydroxylation is 2. The third-order valence-electron chi connectivity index (χ3n) is 3.36. The van der Waals surface area contributed by atoms with Crippen molar-refractivity contribution in [3.8, 4) is 0 Å². The number of rotatable bonds is 3. The SMILES string of the molecule is Cc1ccc(NC(=O)c2ccc(Cl)c(S(C)(=O)=O)c2)cc1C. The van der Waals surface area contributed by atoms with Gasteiger partial charge in [-0.15, -0.1) is 0 Å². The molecular weight excluding hydrogens is 322 g/mol. The van der Waals surface area contributed by atoms with Gasteiger partial charge >= 0.3 is 0 Å². The van der Waals surface area contributed by atoms with Gasteiger partial charge in [-0.2, -0.15) is 0 Å². The number of anilines is 1. The second kappa shape index (κ2) is 6.10. The van der Waals surface area contributed by atoms with Crippen molar-refractivity contribution in [2.45, 2.75) is 18.7 Å². The molecule has 0 radical (unpaired) electrons. The van der Waals surface area contributed by atoms with E-state index in [-0.39, 0.29) is 21.4 Å². The van der Waals surface area contributed by atoms with Gasteiger partial charge in [-0.1, -0.05) is 17.7 Å². The van der Waals surface area contributed by atoms with Gasteiger partial charge in [-0.25, -0.2) is 8.42 Å². The molecule has 0 unspecified atom stereocenters. The van der Waals surface area contributed by atoms with E-state index in [4.69, 9.17) is 11.6 Å². The van der Waals surface area contributed by atoms with E-state index in [1.807, 2.05) is 26.0 Å². The molecule has 0 aliphatic heterocycles. The molecule has 0 saturated heterocycles. The zero-order valence-electron chi connectivity index (χ0n) is 12.5. The average Bonchev–Trinajstić information content (AvgIpc) is 2.42. The number of halogens is 1. The zero-order chi connectivity index (χ0) is 16.5. The second-order valence-electron chi connectivity index (χ2n) is 5.17. The van der Waals surface area contributed by atoms with Crippen molar-refractivity contribution < 1.29 is 13.2 Å². The highest BCUT2D eigenvalue weighted by atomic mass is 35.5. The molecule has 22 heavy (non-hydrogen) atoms. The van der Waals surface area contributed by atoms with Crippen LogP contribution in [0.3, 0.4) is 0 Å².